The molecule has 7 heteroatoms. The third-order valence-corrected chi connectivity index (χ3v) is 7.87. The van der Waals surface area contributed by atoms with Crippen LogP contribution < -0.4 is 0 Å². The minimum Gasteiger partial charge on any atom is -0.341 e. The normalized spacial score (nSPS) is 21.1. The molecule has 1 aromatic carbocycles. The van der Waals surface area contributed by atoms with Crippen LogP contribution in [0.25, 0.3) is 0 Å². The third kappa shape index (κ3) is 4.42. The molecule has 2 aliphatic heterocycles. The van der Waals surface area contributed by atoms with Gasteiger partial charge in [0, 0.05) is 39.3 Å². The first kappa shape index (κ1) is 21.3. The lowest BCUT2D eigenvalue weighted by Gasteiger charge is -2.37. The molecule has 0 radical (unpaired) electrons. The highest BCUT2D eigenvalue weighted by Crippen LogP contribution is 2.25. The molecule has 0 saturated carbocycles. The van der Waals surface area contributed by atoms with Gasteiger partial charge in [-0.2, -0.15) is 4.31 Å². The molecule has 0 aromatic heterocycles. The Balaban J connectivity index is 1.62. The monoisotopic (exact) mass is 407 g/mol. The molecule has 2 aliphatic rings. The minimum atomic E-state index is -3.50. The summed E-state index contributed by atoms with van der Waals surface area (Å²) in [5.41, 5.74) is 1.11. The number of piperazine rings is 1. The van der Waals surface area contributed by atoms with Gasteiger partial charge in [-0.3, -0.25) is 9.69 Å². The van der Waals surface area contributed by atoms with Crippen molar-refractivity contribution in [3.8, 4) is 0 Å². The Morgan fingerprint density at radius 2 is 1.46 bits per heavy atom. The number of hydrogen-bond donors (Lipinski definition) is 0. The van der Waals surface area contributed by atoms with E-state index >= 15 is 0 Å². The number of likely N-dealkylation sites (tertiary alicyclic amines) is 1. The maximum absolute atomic E-state index is 13.0. The van der Waals surface area contributed by atoms with Crippen LogP contribution in [-0.2, 0) is 20.2 Å². The maximum Gasteiger partial charge on any atom is 0.243 e. The molecule has 0 N–H and O–H groups in total. The summed E-state index contributed by atoms with van der Waals surface area (Å²) in [5, 5.41) is 0. The summed E-state index contributed by atoms with van der Waals surface area (Å²) in [4.78, 5) is 17.0. The average molecular weight is 408 g/mol. The van der Waals surface area contributed by atoms with Crippen LogP contribution in [0.3, 0.4) is 0 Å². The number of benzene rings is 1. The van der Waals surface area contributed by atoms with Crippen molar-refractivity contribution in [3.05, 3.63) is 29.8 Å². The second-order valence-electron chi connectivity index (χ2n) is 8.92. The van der Waals surface area contributed by atoms with Crippen LogP contribution in [0, 0.1) is 0 Å². The van der Waals surface area contributed by atoms with Gasteiger partial charge in [-0.05, 0) is 42.9 Å². The highest BCUT2D eigenvalue weighted by atomic mass is 32.2. The Labute approximate surface area is 169 Å². The predicted molar refractivity (Wildman–Crippen MR) is 111 cm³/mol. The summed E-state index contributed by atoms with van der Waals surface area (Å²) in [6, 6.07) is 7.04. The van der Waals surface area contributed by atoms with Crippen molar-refractivity contribution in [3.63, 3.8) is 0 Å². The van der Waals surface area contributed by atoms with Gasteiger partial charge in [0.05, 0.1) is 10.9 Å². The number of amides is 1. The van der Waals surface area contributed by atoms with Crippen molar-refractivity contribution in [2.45, 2.75) is 56.9 Å². The lowest BCUT2D eigenvalue weighted by atomic mass is 9.87. The molecule has 0 bridgehead atoms. The summed E-state index contributed by atoms with van der Waals surface area (Å²) in [5.74, 6) is 0.173. The van der Waals surface area contributed by atoms with Gasteiger partial charge in [-0.15, -0.1) is 0 Å². The lowest BCUT2D eigenvalue weighted by molar-refractivity contribution is -0.135. The molecular formula is C21H33N3O3S. The van der Waals surface area contributed by atoms with Crippen LogP contribution in [0.5, 0.6) is 0 Å². The van der Waals surface area contributed by atoms with Crippen molar-refractivity contribution >= 4 is 15.9 Å². The number of rotatable bonds is 4. The van der Waals surface area contributed by atoms with Gasteiger partial charge in [-0.25, -0.2) is 8.42 Å². The molecule has 0 unspecified atom stereocenters. The molecule has 2 heterocycles. The Morgan fingerprint density at radius 1 is 0.929 bits per heavy atom. The Kier molecular flexibility index (Phi) is 6.17. The van der Waals surface area contributed by atoms with Crippen molar-refractivity contribution in [2.24, 2.45) is 0 Å². The third-order valence-electron chi connectivity index (χ3n) is 5.95. The summed E-state index contributed by atoms with van der Waals surface area (Å²) in [6.07, 6.45) is 2.16. The van der Waals surface area contributed by atoms with Gasteiger partial charge in [0.15, 0.2) is 0 Å². The highest BCUT2D eigenvalue weighted by Gasteiger charge is 2.33. The molecule has 1 atom stereocenters. The summed E-state index contributed by atoms with van der Waals surface area (Å²) < 4.78 is 27.5. The summed E-state index contributed by atoms with van der Waals surface area (Å²) >= 11 is 0. The van der Waals surface area contributed by atoms with Crippen LogP contribution in [0.4, 0.5) is 0 Å². The van der Waals surface area contributed by atoms with E-state index in [9.17, 15) is 13.2 Å². The molecule has 28 heavy (non-hydrogen) atoms. The van der Waals surface area contributed by atoms with Crippen LogP contribution in [0.15, 0.2) is 29.2 Å². The van der Waals surface area contributed by atoms with E-state index in [1.165, 1.54) is 0 Å². The number of nitrogens with zero attached hydrogens (tertiary/aromatic N) is 3. The number of carbonyl (C=O) groups is 1. The Morgan fingerprint density at radius 3 is 1.96 bits per heavy atom. The Bertz CT molecular complexity index is 785. The summed E-state index contributed by atoms with van der Waals surface area (Å²) in [7, 11) is -3.50. The van der Waals surface area contributed by atoms with Crippen molar-refractivity contribution in [1.29, 1.82) is 0 Å². The first-order valence-electron chi connectivity index (χ1n) is 10.2. The second-order valence-corrected chi connectivity index (χ2v) is 10.9. The van der Waals surface area contributed by atoms with Crippen LogP contribution in [-0.4, -0.2) is 73.7 Å². The number of hydrogen-bond acceptors (Lipinski definition) is 4. The van der Waals surface area contributed by atoms with E-state index in [0.29, 0.717) is 31.1 Å². The zero-order chi connectivity index (χ0) is 20.5. The van der Waals surface area contributed by atoms with E-state index in [-0.39, 0.29) is 17.4 Å². The van der Waals surface area contributed by atoms with Crippen LogP contribution >= 0.6 is 0 Å². The molecule has 2 fully saturated rings. The van der Waals surface area contributed by atoms with E-state index in [0.717, 1.165) is 31.5 Å². The molecule has 2 saturated heterocycles. The van der Waals surface area contributed by atoms with E-state index in [2.05, 4.69) is 25.7 Å². The molecule has 3 rings (SSSR count). The summed E-state index contributed by atoms with van der Waals surface area (Å²) in [6.45, 7) is 12.0. The molecule has 6 nitrogen and oxygen atoms in total. The van der Waals surface area contributed by atoms with Gasteiger partial charge >= 0.3 is 0 Å². The molecular weight excluding hydrogens is 374 g/mol. The van der Waals surface area contributed by atoms with Crippen LogP contribution in [0.1, 0.15) is 46.1 Å². The van der Waals surface area contributed by atoms with Crippen molar-refractivity contribution in [1.82, 2.24) is 14.1 Å². The fraction of sp³-hybridized carbons (Fsp3) is 0.667. The zero-order valence-corrected chi connectivity index (χ0v) is 18.3. The van der Waals surface area contributed by atoms with E-state index in [4.69, 9.17) is 0 Å². The van der Waals surface area contributed by atoms with E-state index in [1.807, 2.05) is 24.0 Å². The largest absolute Gasteiger partial charge is 0.341 e. The van der Waals surface area contributed by atoms with Crippen molar-refractivity contribution in [2.75, 3.05) is 39.3 Å². The number of carbonyl (C=O) groups excluding carboxylic acids is 1. The topological polar surface area (TPSA) is 60.9 Å². The fourth-order valence-corrected chi connectivity index (χ4v) is 5.39. The van der Waals surface area contributed by atoms with Gasteiger partial charge < -0.3 is 4.90 Å². The van der Waals surface area contributed by atoms with Crippen LogP contribution in [0.2, 0.25) is 0 Å². The fourth-order valence-electron chi connectivity index (χ4n) is 3.97. The van der Waals surface area contributed by atoms with Gasteiger partial charge in [-0.1, -0.05) is 32.9 Å². The standard InChI is InChI=1S/C21H33N3O3S/c1-17(20(25)23-11-5-6-12-23)22-13-15-24(16-14-22)28(26,27)19-9-7-18(8-10-19)21(2,3)4/h7-10,17H,5-6,11-16H2,1-4H3/t17-/m0/s1. The van der Waals surface area contributed by atoms with Gasteiger partial charge in [0.25, 0.3) is 0 Å². The van der Waals surface area contributed by atoms with Crippen molar-refractivity contribution < 1.29 is 13.2 Å². The Hall–Kier alpha value is -1.44. The SMILES string of the molecule is C[C@@H](C(=O)N1CCCC1)N1CCN(S(=O)(=O)c2ccc(C(C)(C)C)cc2)CC1. The predicted octanol–water partition coefficient (Wildman–Crippen LogP) is 2.30. The average Bonchev–Trinajstić information content (AvgIpc) is 3.21. The quantitative estimate of drug-likeness (QED) is 0.768. The molecule has 1 amide bonds. The maximum atomic E-state index is 13.0. The van der Waals surface area contributed by atoms with E-state index < -0.39 is 10.0 Å². The lowest BCUT2D eigenvalue weighted by Crippen LogP contribution is -2.55. The first-order valence-corrected chi connectivity index (χ1v) is 11.7. The smallest absolute Gasteiger partial charge is 0.243 e. The van der Waals surface area contributed by atoms with E-state index in [1.54, 1.807) is 16.4 Å². The molecule has 156 valence electrons. The second kappa shape index (κ2) is 8.13. The number of sulfonamides is 1. The highest BCUT2D eigenvalue weighted by molar-refractivity contribution is 7.89. The van der Waals surface area contributed by atoms with Gasteiger partial charge in [0.1, 0.15) is 0 Å². The molecule has 0 aliphatic carbocycles. The van der Waals surface area contributed by atoms with Gasteiger partial charge in [0.2, 0.25) is 15.9 Å². The molecule has 0 spiro atoms. The first-order chi connectivity index (χ1) is 13.1. The zero-order valence-electron chi connectivity index (χ0n) is 17.5. The molecule has 1 aromatic rings. The minimum absolute atomic E-state index is 0.00800.